The van der Waals surface area contributed by atoms with E-state index in [1.165, 1.54) is 18.6 Å². The third-order valence-electron chi connectivity index (χ3n) is 10.5. The van der Waals surface area contributed by atoms with E-state index in [2.05, 4.69) is 19.9 Å². The molecule has 1 aromatic carbocycles. The molecule has 7 rings (SSSR count). The molecule has 6 aliphatic rings. The van der Waals surface area contributed by atoms with E-state index in [0.717, 1.165) is 12.0 Å². The minimum atomic E-state index is -1.63. The third kappa shape index (κ3) is 4.47. The summed E-state index contributed by atoms with van der Waals surface area (Å²) >= 11 is 0. The van der Waals surface area contributed by atoms with Crippen LogP contribution in [-0.4, -0.2) is 50.2 Å². The van der Waals surface area contributed by atoms with Crippen LogP contribution in [0.15, 0.2) is 52.7 Å². The van der Waals surface area contributed by atoms with Gasteiger partial charge >= 0.3 is 5.97 Å². The van der Waals surface area contributed by atoms with Crippen molar-refractivity contribution in [1.29, 1.82) is 0 Å². The predicted molar refractivity (Wildman–Crippen MR) is 174 cm³/mol. The summed E-state index contributed by atoms with van der Waals surface area (Å²) in [6.45, 7) is 15.4. The second-order valence-corrected chi connectivity index (χ2v) is 14.8. The van der Waals surface area contributed by atoms with Crippen LogP contribution in [0.5, 0.6) is 17.2 Å². The van der Waals surface area contributed by atoms with E-state index >= 15 is 0 Å². The number of rotatable bonds is 8. The average Bonchev–Trinajstić information content (AvgIpc) is 3.12. The Morgan fingerprint density at radius 2 is 1.70 bits per heavy atom. The van der Waals surface area contributed by atoms with Gasteiger partial charge < -0.3 is 24.4 Å². The first-order valence-electron chi connectivity index (χ1n) is 16.2. The number of allylic oxidation sites excluding steroid dienone is 5. The second kappa shape index (κ2) is 10.6. The van der Waals surface area contributed by atoms with Crippen LogP contribution in [0.2, 0.25) is 0 Å². The second-order valence-electron chi connectivity index (χ2n) is 14.8. The van der Waals surface area contributed by atoms with Gasteiger partial charge in [0.15, 0.2) is 22.8 Å². The Bertz CT molecular complexity index is 1730. The molecule has 1 aromatic rings. The highest BCUT2D eigenvalue weighted by Crippen LogP contribution is 2.68. The quantitative estimate of drug-likeness (QED) is 0.228. The van der Waals surface area contributed by atoms with Gasteiger partial charge in [-0.25, -0.2) is 4.79 Å². The summed E-state index contributed by atoms with van der Waals surface area (Å²) < 4.78 is 20.6. The van der Waals surface area contributed by atoms with Crippen molar-refractivity contribution in [3.05, 3.63) is 69.4 Å². The maximum absolute atomic E-state index is 14.7. The maximum atomic E-state index is 14.7. The highest BCUT2D eigenvalue weighted by molar-refractivity contribution is 6.19. The minimum Gasteiger partial charge on any atom is -0.506 e. The number of carbonyl (C=O) groups excluding carboxylic acids is 2. The van der Waals surface area contributed by atoms with E-state index in [1.807, 2.05) is 52.8 Å². The van der Waals surface area contributed by atoms with Crippen molar-refractivity contribution in [3.8, 4) is 17.2 Å². The number of ether oxygens (including phenoxy) is 3. The Labute approximate surface area is 270 Å². The van der Waals surface area contributed by atoms with Gasteiger partial charge in [0.05, 0.1) is 11.2 Å². The van der Waals surface area contributed by atoms with Crippen molar-refractivity contribution in [1.82, 2.24) is 0 Å². The number of carboxylic acid groups (broad SMARTS) is 1. The molecule has 0 aromatic heterocycles. The summed E-state index contributed by atoms with van der Waals surface area (Å²) in [6.07, 6.45) is 13.4. The number of carboxylic acids is 1. The number of fused-ring (bicyclic) bond motifs is 2. The van der Waals surface area contributed by atoms with Crippen LogP contribution in [0.4, 0.5) is 0 Å². The molecule has 3 heterocycles. The van der Waals surface area contributed by atoms with Gasteiger partial charge in [0.25, 0.3) is 0 Å². The van der Waals surface area contributed by atoms with Crippen LogP contribution in [-0.2, 0) is 20.7 Å². The molecule has 8 nitrogen and oxygen atoms in total. The fourth-order valence-electron chi connectivity index (χ4n) is 8.17. The summed E-state index contributed by atoms with van der Waals surface area (Å²) in [7, 11) is 0. The van der Waals surface area contributed by atoms with Gasteiger partial charge in [0.1, 0.15) is 28.4 Å². The first-order valence-corrected chi connectivity index (χ1v) is 16.2. The fraction of sp³-hybridized carbons (Fsp3) is 0.500. The Balaban J connectivity index is 1.59. The Hall–Kier alpha value is -3.91. The van der Waals surface area contributed by atoms with E-state index in [-0.39, 0.29) is 40.8 Å². The Kier molecular flexibility index (Phi) is 7.36. The summed E-state index contributed by atoms with van der Waals surface area (Å²) in [5.74, 6) is -2.28. The molecule has 1 saturated heterocycles. The zero-order chi connectivity index (χ0) is 33.6. The highest BCUT2D eigenvalue weighted by atomic mass is 16.6. The van der Waals surface area contributed by atoms with E-state index in [9.17, 15) is 24.6 Å². The van der Waals surface area contributed by atoms with Gasteiger partial charge in [-0.1, -0.05) is 35.5 Å². The van der Waals surface area contributed by atoms with Crippen LogP contribution in [0.1, 0.15) is 103 Å². The molecular weight excluding hydrogens is 584 g/mol. The summed E-state index contributed by atoms with van der Waals surface area (Å²) in [5.41, 5.74) is -0.952. The molecular formula is C38H44O8. The van der Waals surface area contributed by atoms with Crippen LogP contribution >= 0.6 is 0 Å². The van der Waals surface area contributed by atoms with Gasteiger partial charge in [-0.05, 0) is 93.2 Å². The molecule has 3 aliphatic carbocycles. The molecule has 46 heavy (non-hydrogen) atoms. The molecule has 2 fully saturated rings. The van der Waals surface area contributed by atoms with Crippen LogP contribution in [0.25, 0.3) is 6.08 Å². The van der Waals surface area contributed by atoms with E-state index in [4.69, 9.17) is 14.2 Å². The van der Waals surface area contributed by atoms with Gasteiger partial charge in [0.2, 0.25) is 0 Å². The first kappa shape index (κ1) is 32.0. The zero-order valence-corrected chi connectivity index (χ0v) is 28.0. The number of carbonyl (C=O) groups is 3. The first-order chi connectivity index (χ1) is 21.5. The largest absolute Gasteiger partial charge is 0.506 e. The maximum Gasteiger partial charge on any atom is 0.330 e. The zero-order valence-electron chi connectivity index (χ0n) is 28.0. The smallest absolute Gasteiger partial charge is 0.330 e. The molecule has 8 heteroatoms. The Morgan fingerprint density at radius 3 is 2.35 bits per heavy atom. The van der Waals surface area contributed by atoms with Gasteiger partial charge in [-0.15, -0.1) is 0 Å². The number of aliphatic carboxylic acids is 1. The lowest BCUT2D eigenvalue weighted by Gasteiger charge is -2.56. The number of phenols is 1. The summed E-state index contributed by atoms with van der Waals surface area (Å²) in [4.78, 5) is 40.8. The Morgan fingerprint density at radius 1 is 1.00 bits per heavy atom. The van der Waals surface area contributed by atoms with Crippen molar-refractivity contribution in [2.75, 3.05) is 0 Å². The molecule has 5 atom stereocenters. The van der Waals surface area contributed by atoms with Gasteiger partial charge in [-0.3, -0.25) is 9.59 Å². The number of hydrogen-bond donors (Lipinski definition) is 2. The van der Waals surface area contributed by atoms with E-state index < -0.39 is 40.1 Å². The number of hydrogen-bond acceptors (Lipinski definition) is 7. The molecule has 0 amide bonds. The lowest BCUT2D eigenvalue weighted by atomic mass is 9.51. The molecule has 2 N–H and O–H groups in total. The van der Waals surface area contributed by atoms with Crippen molar-refractivity contribution in [2.24, 2.45) is 11.8 Å². The topological polar surface area (TPSA) is 119 Å². The highest BCUT2D eigenvalue weighted by Gasteiger charge is 2.81. The summed E-state index contributed by atoms with van der Waals surface area (Å²) in [6, 6.07) is 0. The fourth-order valence-corrected chi connectivity index (χ4v) is 8.17. The molecule has 3 aliphatic heterocycles. The molecule has 0 unspecified atom stereocenters. The monoisotopic (exact) mass is 628 g/mol. The SMILES string of the molecule is CC(C)=CCC[C@]1(C)C=Cc2c(O)c3c(c(CC=C(C)C)c2O1)O[C@@]12C(=C[C@@H]4C[C@H]1C(C)(C)O[C@@]2(C/C=C(/C)C(=O)O)C4=O)C3=O. The number of phenolic OH excluding ortho intramolecular Hbond substituents is 1. The van der Waals surface area contributed by atoms with E-state index in [0.29, 0.717) is 41.7 Å². The van der Waals surface area contributed by atoms with Crippen molar-refractivity contribution in [3.63, 3.8) is 0 Å². The standard InChI is InChI=1S/C38H44O8/c1-20(2)10-9-15-36(8)16-14-24-29(39)28-30(40)26-18-23-19-27-35(6,7)46-37(33(23)41,17-13-22(5)34(42)43)38(26,27)45-32(28)25(31(24)44-36)12-11-21(3)4/h10-11,13-14,16,18,23,27,39H,9,12,15,17,19H2,1-8H3,(H,42,43)/b22-13-/t23-,27+,36-,37+,38+/m1/s1. The molecule has 1 spiro atoms. The minimum absolute atomic E-state index is 0.0544. The van der Waals surface area contributed by atoms with Crippen LogP contribution in [0.3, 0.4) is 0 Å². The number of aromatic hydroxyl groups is 1. The summed E-state index contributed by atoms with van der Waals surface area (Å²) in [5, 5.41) is 21.4. The molecule has 4 bridgehead atoms. The van der Waals surface area contributed by atoms with Crippen molar-refractivity contribution in [2.45, 2.75) is 110 Å². The van der Waals surface area contributed by atoms with E-state index in [1.54, 1.807) is 6.08 Å². The van der Waals surface area contributed by atoms with Crippen LogP contribution < -0.4 is 9.47 Å². The molecule has 244 valence electrons. The van der Waals surface area contributed by atoms with Gasteiger partial charge in [0, 0.05) is 35.0 Å². The molecule has 0 radical (unpaired) electrons. The number of ketones is 2. The van der Waals surface area contributed by atoms with Crippen LogP contribution in [0, 0.1) is 11.8 Å². The van der Waals surface area contributed by atoms with Gasteiger partial charge in [-0.2, -0.15) is 0 Å². The molecule has 1 saturated carbocycles. The number of benzene rings is 1. The predicted octanol–water partition coefficient (Wildman–Crippen LogP) is 7.24. The lowest BCUT2D eigenvalue weighted by molar-refractivity contribution is -0.171. The average molecular weight is 629 g/mol. The number of Topliss-reactive ketones (excluding diaryl/α,β-unsaturated/α-hetero) is 2. The van der Waals surface area contributed by atoms with Crippen molar-refractivity contribution < 1.29 is 38.8 Å². The lowest BCUT2D eigenvalue weighted by Crippen LogP contribution is -2.72. The van der Waals surface area contributed by atoms with Crippen molar-refractivity contribution >= 4 is 23.6 Å². The normalized spacial score (nSPS) is 31.2. The third-order valence-corrected chi connectivity index (χ3v) is 10.5.